The molecule has 0 saturated heterocycles. The summed E-state index contributed by atoms with van der Waals surface area (Å²) in [7, 11) is 0. The van der Waals surface area contributed by atoms with Crippen molar-refractivity contribution in [1.29, 1.82) is 0 Å². The number of hydrogen-bond acceptors (Lipinski definition) is 2. The largest absolute Gasteiger partial charge is 0.478 e. The molecule has 86 valence electrons. The first-order valence-corrected chi connectivity index (χ1v) is 4.91. The lowest BCUT2D eigenvalue weighted by Crippen LogP contribution is -2.04. The Morgan fingerprint density at radius 3 is 2.88 bits per heavy atom. The Balaban J connectivity index is 2.65. The highest BCUT2D eigenvalue weighted by atomic mass is 19.1. The van der Waals surface area contributed by atoms with Crippen molar-refractivity contribution in [3.63, 3.8) is 0 Å². The number of carboxylic acid groups (broad SMARTS) is 1. The first kappa shape index (κ1) is 12.2. The zero-order chi connectivity index (χ0) is 12.1. The highest BCUT2D eigenvalue weighted by Crippen LogP contribution is 2.15. The maximum absolute atomic E-state index is 12.9. The molecule has 0 unspecified atom stereocenters. The summed E-state index contributed by atoms with van der Waals surface area (Å²) in [6.45, 7) is 3.74. The fourth-order valence-electron chi connectivity index (χ4n) is 1.19. The lowest BCUT2D eigenvalue weighted by atomic mass is 10.2. The van der Waals surface area contributed by atoms with Crippen LogP contribution in [0.3, 0.4) is 0 Å². The maximum Gasteiger partial charge on any atom is 0.331 e. The molecule has 1 aromatic rings. The summed E-state index contributed by atoms with van der Waals surface area (Å²) in [6, 6.07) is 4.45. The Bertz CT molecular complexity index is 427. The third kappa shape index (κ3) is 3.38. The van der Waals surface area contributed by atoms with E-state index in [9.17, 15) is 9.18 Å². The average molecular weight is 223 g/mol. The molecule has 0 heterocycles. The fraction of sp³-hybridized carbons (Fsp3) is 0.250. The molecule has 0 aliphatic carbocycles. The molecular formula is C12H14FNO2. The van der Waals surface area contributed by atoms with Crippen molar-refractivity contribution >= 4 is 11.7 Å². The van der Waals surface area contributed by atoms with Gasteiger partial charge in [-0.15, -0.1) is 0 Å². The van der Waals surface area contributed by atoms with Gasteiger partial charge in [-0.25, -0.2) is 9.18 Å². The Morgan fingerprint density at radius 1 is 1.56 bits per heavy atom. The third-order valence-corrected chi connectivity index (χ3v) is 2.24. The molecule has 0 amide bonds. The Morgan fingerprint density at radius 2 is 2.25 bits per heavy atom. The standard InChI is InChI=1S/C12H14FNO2/c1-8-3-4-10(13)7-11(8)14-6-5-9(2)12(15)16/h3-5,7,14H,6H2,1-2H3,(H,15,16)/b9-5-. The van der Waals surface area contributed by atoms with Gasteiger partial charge in [0.05, 0.1) is 0 Å². The minimum atomic E-state index is -0.947. The lowest BCUT2D eigenvalue weighted by molar-refractivity contribution is -0.132. The van der Waals surface area contributed by atoms with E-state index < -0.39 is 5.97 Å². The van der Waals surface area contributed by atoms with Crippen LogP contribution in [0.25, 0.3) is 0 Å². The molecular weight excluding hydrogens is 209 g/mol. The van der Waals surface area contributed by atoms with E-state index in [-0.39, 0.29) is 11.4 Å². The van der Waals surface area contributed by atoms with E-state index in [1.807, 2.05) is 6.92 Å². The first-order valence-electron chi connectivity index (χ1n) is 4.91. The van der Waals surface area contributed by atoms with E-state index in [2.05, 4.69) is 5.32 Å². The molecule has 0 aliphatic rings. The SMILES string of the molecule is C/C(=C/CNc1cc(F)ccc1C)C(=O)O. The Hall–Kier alpha value is -1.84. The highest BCUT2D eigenvalue weighted by Gasteiger charge is 2.00. The number of aryl methyl sites for hydroxylation is 1. The van der Waals surface area contributed by atoms with Crippen molar-refractivity contribution in [2.75, 3.05) is 11.9 Å². The van der Waals surface area contributed by atoms with Gasteiger partial charge in [0.15, 0.2) is 0 Å². The second-order valence-electron chi connectivity index (χ2n) is 3.53. The van der Waals surface area contributed by atoms with Gasteiger partial charge in [-0.1, -0.05) is 12.1 Å². The van der Waals surface area contributed by atoms with Gasteiger partial charge in [0.1, 0.15) is 5.82 Å². The van der Waals surface area contributed by atoms with Gasteiger partial charge in [-0.05, 0) is 31.5 Å². The van der Waals surface area contributed by atoms with Crippen LogP contribution in [0.4, 0.5) is 10.1 Å². The molecule has 0 bridgehead atoms. The maximum atomic E-state index is 12.9. The molecule has 0 radical (unpaired) electrons. The number of benzene rings is 1. The molecule has 0 saturated carbocycles. The van der Waals surface area contributed by atoms with Crippen LogP contribution in [0.15, 0.2) is 29.8 Å². The van der Waals surface area contributed by atoms with Crippen LogP contribution < -0.4 is 5.32 Å². The van der Waals surface area contributed by atoms with Gasteiger partial charge in [-0.2, -0.15) is 0 Å². The molecule has 0 aliphatic heterocycles. The minimum absolute atomic E-state index is 0.265. The smallest absolute Gasteiger partial charge is 0.331 e. The van der Waals surface area contributed by atoms with Crippen LogP contribution in [-0.4, -0.2) is 17.6 Å². The van der Waals surface area contributed by atoms with Gasteiger partial charge in [0.25, 0.3) is 0 Å². The summed E-state index contributed by atoms with van der Waals surface area (Å²) < 4.78 is 12.9. The van der Waals surface area contributed by atoms with Crippen molar-refractivity contribution in [2.24, 2.45) is 0 Å². The van der Waals surface area contributed by atoms with E-state index >= 15 is 0 Å². The van der Waals surface area contributed by atoms with Crippen molar-refractivity contribution < 1.29 is 14.3 Å². The van der Waals surface area contributed by atoms with Crippen LogP contribution in [0.1, 0.15) is 12.5 Å². The van der Waals surface area contributed by atoms with Gasteiger partial charge in [-0.3, -0.25) is 0 Å². The lowest BCUT2D eigenvalue weighted by Gasteiger charge is -2.07. The second-order valence-corrected chi connectivity index (χ2v) is 3.53. The predicted octanol–water partition coefficient (Wildman–Crippen LogP) is 2.58. The van der Waals surface area contributed by atoms with Crippen molar-refractivity contribution in [2.45, 2.75) is 13.8 Å². The topological polar surface area (TPSA) is 49.3 Å². The number of anilines is 1. The van der Waals surface area contributed by atoms with E-state index in [0.29, 0.717) is 12.2 Å². The highest BCUT2D eigenvalue weighted by molar-refractivity contribution is 5.85. The molecule has 2 N–H and O–H groups in total. The molecule has 16 heavy (non-hydrogen) atoms. The number of carboxylic acids is 1. The summed E-state index contributed by atoms with van der Waals surface area (Å²) in [5.41, 5.74) is 1.86. The third-order valence-electron chi connectivity index (χ3n) is 2.24. The van der Waals surface area contributed by atoms with Crippen molar-refractivity contribution in [3.05, 3.63) is 41.2 Å². The number of carbonyl (C=O) groups is 1. The number of hydrogen-bond donors (Lipinski definition) is 2. The predicted molar refractivity (Wildman–Crippen MR) is 61.0 cm³/mol. The van der Waals surface area contributed by atoms with Gasteiger partial charge in [0, 0.05) is 17.8 Å². The second kappa shape index (κ2) is 5.30. The molecule has 1 aromatic carbocycles. The van der Waals surface area contributed by atoms with E-state index in [4.69, 9.17) is 5.11 Å². The van der Waals surface area contributed by atoms with Crippen LogP contribution in [-0.2, 0) is 4.79 Å². The zero-order valence-corrected chi connectivity index (χ0v) is 9.25. The molecule has 0 atom stereocenters. The summed E-state index contributed by atoms with van der Waals surface area (Å²) in [5.74, 6) is -1.26. The molecule has 0 aromatic heterocycles. The zero-order valence-electron chi connectivity index (χ0n) is 9.25. The van der Waals surface area contributed by atoms with Crippen LogP contribution in [0, 0.1) is 12.7 Å². The molecule has 3 nitrogen and oxygen atoms in total. The average Bonchev–Trinajstić information content (AvgIpc) is 2.22. The van der Waals surface area contributed by atoms with Crippen LogP contribution >= 0.6 is 0 Å². The number of nitrogens with one attached hydrogen (secondary N) is 1. The molecule has 4 heteroatoms. The molecule has 1 rings (SSSR count). The van der Waals surface area contributed by atoms with Crippen molar-refractivity contribution in [1.82, 2.24) is 0 Å². The van der Waals surface area contributed by atoms with Gasteiger partial charge >= 0.3 is 5.97 Å². The van der Waals surface area contributed by atoms with Crippen LogP contribution in [0.5, 0.6) is 0 Å². The number of aliphatic carboxylic acids is 1. The van der Waals surface area contributed by atoms with E-state index in [1.54, 1.807) is 12.1 Å². The van der Waals surface area contributed by atoms with Crippen molar-refractivity contribution in [3.8, 4) is 0 Å². The molecule has 0 spiro atoms. The summed E-state index contributed by atoms with van der Waals surface area (Å²) in [4.78, 5) is 10.5. The summed E-state index contributed by atoms with van der Waals surface area (Å²) >= 11 is 0. The normalized spacial score (nSPS) is 11.3. The fourth-order valence-corrected chi connectivity index (χ4v) is 1.19. The van der Waals surface area contributed by atoms with Gasteiger partial charge < -0.3 is 10.4 Å². The van der Waals surface area contributed by atoms with Crippen LogP contribution in [0.2, 0.25) is 0 Å². The first-order chi connectivity index (χ1) is 7.50. The van der Waals surface area contributed by atoms with Gasteiger partial charge in [0.2, 0.25) is 0 Å². The number of rotatable bonds is 4. The number of halogens is 1. The Labute approximate surface area is 93.6 Å². The summed E-state index contributed by atoms with van der Waals surface area (Å²) in [5, 5.41) is 11.6. The Kier molecular flexibility index (Phi) is 4.05. The summed E-state index contributed by atoms with van der Waals surface area (Å²) in [6.07, 6.45) is 1.55. The molecule has 0 fully saturated rings. The van der Waals surface area contributed by atoms with E-state index in [1.165, 1.54) is 19.1 Å². The van der Waals surface area contributed by atoms with E-state index in [0.717, 1.165) is 5.56 Å². The minimum Gasteiger partial charge on any atom is -0.478 e. The quantitative estimate of drug-likeness (QED) is 0.771. The monoisotopic (exact) mass is 223 g/mol.